The van der Waals surface area contributed by atoms with Gasteiger partial charge in [0.05, 0.1) is 5.39 Å². The van der Waals surface area contributed by atoms with E-state index in [9.17, 15) is 9.59 Å². The lowest BCUT2D eigenvalue weighted by Gasteiger charge is -2.11. The summed E-state index contributed by atoms with van der Waals surface area (Å²) in [7, 11) is 1.63. The van der Waals surface area contributed by atoms with Crippen molar-refractivity contribution in [2.75, 3.05) is 13.7 Å². The van der Waals surface area contributed by atoms with Gasteiger partial charge in [-0.2, -0.15) is 0 Å². The monoisotopic (exact) mass is 438 g/mol. The molecule has 8 heteroatoms. The van der Waals surface area contributed by atoms with E-state index in [-0.39, 0.29) is 18.0 Å². The second-order valence-electron chi connectivity index (χ2n) is 7.34. The number of hydrogen-bond acceptors (Lipinski definition) is 4. The molecule has 0 spiro atoms. The smallest absolute Gasteiger partial charge is 0.268 e. The summed E-state index contributed by atoms with van der Waals surface area (Å²) in [6.07, 6.45) is 2.37. The number of amides is 1. The number of carbonyl (C=O) groups is 1. The van der Waals surface area contributed by atoms with Crippen molar-refractivity contribution < 1.29 is 9.53 Å². The molecule has 4 aromatic rings. The number of ether oxygens (including phenoxy) is 1. The number of nitrogens with zero attached hydrogens (tertiary/aromatic N) is 3. The van der Waals surface area contributed by atoms with Crippen LogP contribution in [0, 0.1) is 6.92 Å². The molecular formula is C23H23ClN4O3. The van der Waals surface area contributed by atoms with Crippen molar-refractivity contribution in [3.63, 3.8) is 0 Å². The number of fused-ring (bicyclic) bond motifs is 2. The van der Waals surface area contributed by atoms with Crippen molar-refractivity contribution in [1.29, 1.82) is 0 Å². The van der Waals surface area contributed by atoms with Crippen LogP contribution in [0.2, 0.25) is 5.02 Å². The normalized spacial score (nSPS) is 11.3. The fourth-order valence-electron chi connectivity index (χ4n) is 3.65. The van der Waals surface area contributed by atoms with Crippen LogP contribution in [-0.4, -0.2) is 33.6 Å². The molecule has 0 aliphatic carbocycles. The van der Waals surface area contributed by atoms with Gasteiger partial charge in [-0.15, -0.1) is 0 Å². The Kier molecular flexibility index (Phi) is 6.06. The van der Waals surface area contributed by atoms with Gasteiger partial charge in [-0.3, -0.25) is 14.0 Å². The molecule has 1 aromatic carbocycles. The third kappa shape index (κ3) is 4.06. The average Bonchev–Trinajstić information content (AvgIpc) is 3.13. The molecule has 0 saturated carbocycles. The molecule has 0 aliphatic heterocycles. The number of nitrogens with one attached hydrogen (secondary N) is 1. The molecule has 0 fully saturated rings. The zero-order chi connectivity index (χ0) is 22.0. The predicted octanol–water partition coefficient (Wildman–Crippen LogP) is 3.58. The largest absolute Gasteiger partial charge is 0.385 e. The number of aryl methyl sites for hydroxylation is 2. The van der Waals surface area contributed by atoms with E-state index >= 15 is 0 Å². The van der Waals surface area contributed by atoms with Crippen LogP contribution in [0.25, 0.3) is 16.7 Å². The highest BCUT2D eigenvalue weighted by molar-refractivity contribution is 6.31. The van der Waals surface area contributed by atoms with Crippen LogP contribution in [-0.2, 0) is 17.8 Å². The molecule has 0 saturated heterocycles. The summed E-state index contributed by atoms with van der Waals surface area (Å²) in [5.41, 5.74) is 2.97. The van der Waals surface area contributed by atoms with Gasteiger partial charge in [-0.25, -0.2) is 4.98 Å². The Bertz CT molecular complexity index is 1330. The molecule has 3 heterocycles. The third-order valence-electron chi connectivity index (χ3n) is 5.25. The summed E-state index contributed by atoms with van der Waals surface area (Å²) in [6, 6.07) is 12.7. The molecule has 4 rings (SSSR count). The van der Waals surface area contributed by atoms with E-state index in [1.165, 1.54) is 4.40 Å². The van der Waals surface area contributed by atoms with Gasteiger partial charge in [0, 0.05) is 38.0 Å². The number of pyridine rings is 1. The van der Waals surface area contributed by atoms with Crippen molar-refractivity contribution in [2.24, 2.45) is 0 Å². The number of halogens is 1. The third-order valence-corrected chi connectivity index (χ3v) is 5.62. The molecule has 0 aliphatic rings. The van der Waals surface area contributed by atoms with E-state index in [2.05, 4.69) is 5.32 Å². The standard InChI is InChI=1S/C23H23ClN4O3/c1-15-7-5-10-28-20(15)26-21-17(23(28)30)13-19(27(21)11-6-12-31-2)22(29)25-14-16-8-3-4-9-18(16)24/h3-5,7-10,13H,6,11-12,14H2,1-2H3,(H,25,29). The Morgan fingerprint density at radius 3 is 2.77 bits per heavy atom. The number of hydrogen-bond donors (Lipinski definition) is 1. The highest BCUT2D eigenvalue weighted by Crippen LogP contribution is 2.19. The molecule has 160 valence electrons. The topological polar surface area (TPSA) is 77.6 Å². The summed E-state index contributed by atoms with van der Waals surface area (Å²) in [5, 5.41) is 3.90. The Morgan fingerprint density at radius 2 is 2.00 bits per heavy atom. The maximum Gasteiger partial charge on any atom is 0.268 e. The fourth-order valence-corrected chi connectivity index (χ4v) is 3.85. The quantitative estimate of drug-likeness (QED) is 0.447. The van der Waals surface area contributed by atoms with E-state index in [4.69, 9.17) is 21.3 Å². The molecule has 1 N–H and O–H groups in total. The molecule has 0 bridgehead atoms. The first-order chi connectivity index (χ1) is 15.0. The van der Waals surface area contributed by atoms with Crippen LogP contribution in [0.1, 0.15) is 28.0 Å². The fraction of sp³-hybridized carbons (Fsp3) is 0.261. The first-order valence-electron chi connectivity index (χ1n) is 10.0. The van der Waals surface area contributed by atoms with Gasteiger partial charge in [0.1, 0.15) is 17.0 Å². The lowest BCUT2D eigenvalue weighted by Crippen LogP contribution is -2.26. The molecule has 31 heavy (non-hydrogen) atoms. The van der Waals surface area contributed by atoms with Gasteiger partial charge in [0.25, 0.3) is 11.5 Å². The maximum absolute atomic E-state index is 13.1. The minimum Gasteiger partial charge on any atom is -0.385 e. The minimum absolute atomic E-state index is 0.200. The molecule has 1 amide bonds. The Hall–Kier alpha value is -3.16. The summed E-state index contributed by atoms with van der Waals surface area (Å²) in [6.45, 7) is 3.22. The molecule has 3 aromatic heterocycles. The second kappa shape index (κ2) is 8.91. The Morgan fingerprint density at radius 1 is 1.19 bits per heavy atom. The first kappa shape index (κ1) is 21.1. The molecule has 0 atom stereocenters. The molecule has 0 unspecified atom stereocenters. The lowest BCUT2D eigenvalue weighted by atomic mass is 10.2. The van der Waals surface area contributed by atoms with E-state index in [1.807, 2.05) is 37.3 Å². The number of aromatic nitrogens is 3. The van der Waals surface area contributed by atoms with Gasteiger partial charge in [0.2, 0.25) is 0 Å². The number of carbonyl (C=O) groups excluding carboxylic acids is 1. The number of rotatable bonds is 7. The zero-order valence-electron chi connectivity index (χ0n) is 17.4. The Balaban J connectivity index is 1.78. The van der Waals surface area contributed by atoms with Crippen LogP contribution >= 0.6 is 11.6 Å². The van der Waals surface area contributed by atoms with E-state index < -0.39 is 0 Å². The van der Waals surface area contributed by atoms with E-state index in [1.54, 1.807) is 30.0 Å². The van der Waals surface area contributed by atoms with Crippen molar-refractivity contribution in [3.8, 4) is 0 Å². The molecule has 7 nitrogen and oxygen atoms in total. The highest BCUT2D eigenvalue weighted by atomic mass is 35.5. The van der Waals surface area contributed by atoms with Crippen LogP contribution in [0.15, 0.2) is 53.5 Å². The van der Waals surface area contributed by atoms with Crippen molar-refractivity contribution in [1.82, 2.24) is 19.3 Å². The van der Waals surface area contributed by atoms with Crippen molar-refractivity contribution in [2.45, 2.75) is 26.4 Å². The second-order valence-corrected chi connectivity index (χ2v) is 7.75. The van der Waals surface area contributed by atoms with Crippen LogP contribution < -0.4 is 10.9 Å². The van der Waals surface area contributed by atoms with Crippen LogP contribution in [0.3, 0.4) is 0 Å². The summed E-state index contributed by atoms with van der Waals surface area (Å²) >= 11 is 6.20. The van der Waals surface area contributed by atoms with Crippen LogP contribution in [0.4, 0.5) is 0 Å². The summed E-state index contributed by atoms with van der Waals surface area (Å²) < 4.78 is 8.48. The zero-order valence-corrected chi connectivity index (χ0v) is 18.1. The summed E-state index contributed by atoms with van der Waals surface area (Å²) in [4.78, 5) is 30.9. The van der Waals surface area contributed by atoms with Crippen molar-refractivity contribution in [3.05, 3.63) is 80.9 Å². The SMILES string of the molecule is COCCCn1c(C(=O)NCc2ccccc2Cl)cc2c(=O)n3cccc(C)c3nc21. The van der Waals surface area contributed by atoms with Crippen LogP contribution in [0.5, 0.6) is 0 Å². The molecule has 0 radical (unpaired) electrons. The van der Waals surface area contributed by atoms with Gasteiger partial charge in [-0.1, -0.05) is 35.9 Å². The van der Waals surface area contributed by atoms with Gasteiger partial charge < -0.3 is 14.6 Å². The number of benzene rings is 1. The maximum atomic E-state index is 13.1. The lowest BCUT2D eigenvalue weighted by molar-refractivity contribution is 0.0941. The molecular weight excluding hydrogens is 416 g/mol. The average molecular weight is 439 g/mol. The van der Waals surface area contributed by atoms with E-state index in [0.717, 1.165) is 11.1 Å². The van der Waals surface area contributed by atoms with E-state index in [0.29, 0.717) is 47.0 Å². The minimum atomic E-state index is -0.291. The summed E-state index contributed by atoms with van der Waals surface area (Å²) in [5.74, 6) is -0.291. The van der Waals surface area contributed by atoms with Gasteiger partial charge >= 0.3 is 0 Å². The van der Waals surface area contributed by atoms with Gasteiger partial charge in [0.15, 0.2) is 0 Å². The predicted molar refractivity (Wildman–Crippen MR) is 121 cm³/mol. The first-order valence-corrected chi connectivity index (χ1v) is 10.4. The van der Waals surface area contributed by atoms with Gasteiger partial charge in [-0.05, 0) is 42.7 Å². The highest BCUT2D eigenvalue weighted by Gasteiger charge is 2.20. The number of methoxy groups -OCH3 is 1. The Labute approximate surface area is 184 Å². The van der Waals surface area contributed by atoms with Crippen molar-refractivity contribution >= 4 is 34.2 Å².